The van der Waals surface area contributed by atoms with Crippen molar-refractivity contribution in [1.29, 1.82) is 0 Å². The highest BCUT2D eigenvalue weighted by Crippen LogP contribution is 2.23. The fourth-order valence-electron chi connectivity index (χ4n) is 2.99. The van der Waals surface area contributed by atoms with Crippen LogP contribution in [0, 0.1) is 6.92 Å². The van der Waals surface area contributed by atoms with Crippen LogP contribution < -0.4 is 14.4 Å². The Morgan fingerprint density at radius 1 is 1.11 bits per heavy atom. The molecule has 152 valence electrons. The van der Waals surface area contributed by atoms with Crippen molar-refractivity contribution in [2.75, 3.05) is 24.2 Å². The van der Waals surface area contributed by atoms with E-state index < -0.39 is 16.1 Å². The Labute approximate surface area is 167 Å². The van der Waals surface area contributed by atoms with Crippen LogP contribution in [-0.4, -0.2) is 40.3 Å². The Kier molecular flexibility index (Phi) is 7.45. The Morgan fingerprint density at radius 2 is 1.71 bits per heavy atom. The van der Waals surface area contributed by atoms with E-state index in [1.165, 1.54) is 4.31 Å². The average Bonchev–Trinajstić information content (AvgIpc) is 2.66. The first-order valence-electron chi connectivity index (χ1n) is 9.23. The molecule has 0 radical (unpaired) electrons. The summed E-state index contributed by atoms with van der Waals surface area (Å²) >= 11 is 0. The van der Waals surface area contributed by atoms with Gasteiger partial charge in [0.25, 0.3) is 0 Å². The van der Waals surface area contributed by atoms with Crippen LogP contribution in [0.2, 0.25) is 0 Å². The van der Waals surface area contributed by atoms with E-state index in [4.69, 9.17) is 4.74 Å². The smallest absolute Gasteiger partial charge is 0.243 e. The van der Waals surface area contributed by atoms with Gasteiger partial charge in [0.1, 0.15) is 11.8 Å². The average molecular weight is 405 g/mol. The van der Waals surface area contributed by atoms with Gasteiger partial charge in [0, 0.05) is 6.54 Å². The van der Waals surface area contributed by atoms with Gasteiger partial charge in [-0.05, 0) is 49.6 Å². The standard InChI is InChI=1S/C21H28N2O4S/c1-5-20(23(28(4,25)26)18-10-6-16(2)7-11-18)21(24)22-15-14-17-8-12-19(27-3)13-9-17/h6-13,20H,5,14-15H2,1-4H3,(H,22,24)/t20-/m1/s1. The number of rotatable bonds is 9. The third-order valence-corrected chi connectivity index (χ3v) is 5.67. The second kappa shape index (κ2) is 9.59. The largest absolute Gasteiger partial charge is 0.497 e. The molecule has 2 rings (SSSR count). The molecule has 0 spiro atoms. The summed E-state index contributed by atoms with van der Waals surface area (Å²) in [4.78, 5) is 12.8. The van der Waals surface area contributed by atoms with Crippen molar-refractivity contribution < 1.29 is 17.9 Å². The molecular formula is C21H28N2O4S. The molecule has 0 unspecified atom stereocenters. The number of hydrogen-bond donors (Lipinski definition) is 1. The summed E-state index contributed by atoms with van der Waals surface area (Å²) in [5.74, 6) is 0.475. The predicted octanol–water partition coefficient (Wildman–Crippen LogP) is 2.91. The lowest BCUT2D eigenvalue weighted by atomic mass is 10.1. The SMILES string of the molecule is CC[C@H](C(=O)NCCc1ccc(OC)cc1)N(c1ccc(C)cc1)S(C)(=O)=O. The number of anilines is 1. The zero-order valence-corrected chi connectivity index (χ0v) is 17.6. The van der Waals surface area contributed by atoms with Gasteiger partial charge in [0.05, 0.1) is 19.1 Å². The number of carbonyl (C=O) groups is 1. The zero-order chi connectivity index (χ0) is 20.7. The lowest BCUT2D eigenvalue weighted by molar-refractivity contribution is -0.122. The maximum atomic E-state index is 12.8. The minimum absolute atomic E-state index is 0.304. The molecule has 28 heavy (non-hydrogen) atoms. The molecule has 0 aliphatic heterocycles. The Bertz CT molecular complexity index is 878. The van der Waals surface area contributed by atoms with Crippen molar-refractivity contribution >= 4 is 21.6 Å². The second-order valence-electron chi connectivity index (χ2n) is 6.71. The number of methoxy groups -OCH3 is 1. The van der Waals surface area contributed by atoms with E-state index in [-0.39, 0.29) is 5.91 Å². The summed E-state index contributed by atoms with van der Waals surface area (Å²) in [6, 6.07) is 13.9. The van der Waals surface area contributed by atoms with Crippen LogP contribution >= 0.6 is 0 Å². The van der Waals surface area contributed by atoms with Crippen LogP contribution in [0.4, 0.5) is 5.69 Å². The first-order valence-corrected chi connectivity index (χ1v) is 11.1. The molecule has 2 aromatic carbocycles. The number of hydrogen-bond acceptors (Lipinski definition) is 4. The van der Waals surface area contributed by atoms with Crippen molar-refractivity contribution in [3.63, 3.8) is 0 Å². The monoisotopic (exact) mass is 404 g/mol. The molecule has 0 heterocycles. The lowest BCUT2D eigenvalue weighted by Crippen LogP contribution is -2.49. The molecule has 0 bridgehead atoms. The van der Waals surface area contributed by atoms with E-state index in [2.05, 4.69) is 5.32 Å². The van der Waals surface area contributed by atoms with Crippen LogP contribution in [0.25, 0.3) is 0 Å². The summed E-state index contributed by atoms with van der Waals surface area (Å²) in [6.45, 7) is 4.16. The minimum atomic E-state index is -3.61. The number of benzene rings is 2. The molecule has 1 amide bonds. The van der Waals surface area contributed by atoms with E-state index in [1.54, 1.807) is 26.2 Å². The van der Waals surface area contributed by atoms with Gasteiger partial charge in [-0.3, -0.25) is 9.10 Å². The van der Waals surface area contributed by atoms with Gasteiger partial charge in [-0.1, -0.05) is 36.8 Å². The molecule has 1 atom stereocenters. The van der Waals surface area contributed by atoms with E-state index in [0.717, 1.165) is 23.1 Å². The van der Waals surface area contributed by atoms with Gasteiger partial charge < -0.3 is 10.1 Å². The van der Waals surface area contributed by atoms with E-state index in [1.807, 2.05) is 43.3 Å². The van der Waals surface area contributed by atoms with Gasteiger partial charge in [-0.2, -0.15) is 0 Å². The summed E-state index contributed by atoms with van der Waals surface area (Å²) in [5, 5.41) is 2.87. The number of aryl methyl sites for hydroxylation is 1. The van der Waals surface area contributed by atoms with Gasteiger partial charge in [-0.15, -0.1) is 0 Å². The fraction of sp³-hybridized carbons (Fsp3) is 0.381. The summed E-state index contributed by atoms with van der Waals surface area (Å²) in [7, 11) is -2.00. The number of nitrogens with zero attached hydrogens (tertiary/aromatic N) is 1. The van der Waals surface area contributed by atoms with Crippen molar-refractivity contribution in [2.24, 2.45) is 0 Å². The maximum Gasteiger partial charge on any atom is 0.243 e. The predicted molar refractivity (Wildman–Crippen MR) is 112 cm³/mol. The van der Waals surface area contributed by atoms with Gasteiger partial charge in [-0.25, -0.2) is 8.42 Å². The molecule has 7 heteroatoms. The third kappa shape index (κ3) is 5.73. The Balaban J connectivity index is 2.09. The van der Waals surface area contributed by atoms with Crippen molar-refractivity contribution in [2.45, 2.75) is 32.7 Å². The van der Waals surface area contributed by atoms with Crippen LogP contribution in [-0.2, 0) is 21.2 Å². The molecule has 6 nitrogen and oxygen atoms in total. The maximum absolute atomic E-state index is 12.8. The number of nitrogens with one attached hydrogen (secondary N) is 1. The molecule has 2 aromatic rings. The van der Waals surface area contributed by atoms with Crippen LogP contribution in [0.3, 0.4) is 0 Å². The second-order valence-corrected chi connectivity index (χ2v) is 8.57. The molecule has 0 fully saturated rings. The first-order chi connectivity index (χ1) is 13.3. The number of carbonyl (C=O) groups excluding carboxylic acids is 1. The van der Waals surface area contributed by atoms with Crippen molar-refractivity contribution in [1.82, 2.24) is 5.32 Å². The van der Waals surface area contributed by atoms with Crippen LogP contribution in [0.1, 0.15) is 24.5 Å². The topological polar surface area (TPSA) is 75.7 Å². The first kappa shape index (κ1) is 21.8. The normalized spacial score (nSPS) is 12.3. The summed E-state index contributed by atoms with van der Waals surface area (Å²) in [6.07, 6.45) is 2.14. The minimum Gasteiger partial charge on any atom is -0.497 e. The number of ether oxygens (including phenoxy) is 1. The zero-order valence-electron chi connectivity index (χ0n) is 16.8. The Hall–Kier alpha value is -2.54. The van der Waals surface area contributed by atoms with Gasteiger partial charge >= 0.3 is 0 Å². The molecule has 1 N–H and O–H groups in total. The Morgan fingerprint density at radius 3 is 2.21 bits per heavy atom. The summed E-state index contributed by atoms with van der Waals surface area (Å²) < 4.78 is 31.2. The molecule has 0 saturated heterocycles. The highest BCUT2D eigenvalue weighted by molar-refractivity contribution is 7.92. The van der Waals surface area contributed by atoms with Gasteiger partial charge in [0.15, 0.2) is 0 Å². The molecule has 0 aliphatic rings. The lowest BCUT2D eigenvalue weighted by Gasteiger charge is -2.30. The highest BCUT2D eigenvalue weighted by atomic mass is 32.2. The molecule has 0 saturated carbocycles. The van der Waals surface area contributed by atoms with Gasteiger partial charge in [0.2, 0.25) is 15.9 Å². The number of sulfonamides is 1. The molecular weight excluding hydrogens is 376 g/mol. The van der Waals surface area contributed by atoms with Crippen molar-refractivity contribution in [3.8, 4) is 5.75 Å². The highest BCUT2D eigenvalue weighted by Gasteiger charge is 2.31. The van der Waals surface area contributed by atoms with E-state index in [9.17, 15) is 13.2 Å². The van der Waals surface area contributed by atoms with Crippen molar-refractivity contribution in [3.05, 3.63) is 59.7 Å². The fourth-order valence-corrected chi connectivity index (χ4v) is 4.20. The third-order valence-electron chi connectivity index (χ3n) is 4.49. The molecule has 0 aromatic heterocycles. The number of amides is 1. The van der Waals surface area contributed by atoms with Crippen LogP contribution in [0.5, 0.6) is 5.75 Å². The quantitative estimate of drug-likeness (QED) is 0.697. The van der Waals surface area contributed by atoms with Crippen LogP contribution in [0.15, 0.2) is 48.5 Å². The van der Waals surface area contributed by atoms with E-state index in [0.29, 0.717) is 25.1 Å². The molecule has 0 aliphatic carbocycles. The van der Waals surface area contributed by atoms with E-state index >= 15 is 0 Å². The summed E-state index contributed by atoms with van der Waals surface area (Å²) in [5.41, 5.74) is 2.58.